The molecule has 2 aliphatic carbocycles. The van der Waals surface area contributed by atoms with Gasteiger partial charge in [0, 0.05) is 5.41 Å². The van der Waals surface area contributed by atoms with E-state index < -0.39 is 11.9 Å². The summed E-state index contributed by atoms with van der Waals surface area (Å²) in [4.78, 5) is 10.3. The summed E-state index contributed by atoms with van der Waals surface area (Å²) in [6.07, 6.45) is 49.0. The van der Waals surface area contributed by atoms with Crippen LogP contribution in [0.1, 0.15) is 348 Å². The maximum Gasteiger partial charge on any atom is 0.160 e. The third kappa shape index (κ3) is 44.3. The minimum absolute atomic E-state index is 0.000637. The van der Waals surface area contributed by atoms with E-state index in [1.165, 1.54) is 37.7 Å². The molecule has 6 saturated heterocycles. The molecule has 0 amide bonds. The Labute approximate surface area is 695 Å². The van der Waals surface area contributed by atoms with E-state index in [0.29, 0.717) is 70.5 Å². The smallest absolute Gasteiger partial charge is 0.160 e. The van der Waals surface area contributed by atoms with Crippen LogP contribution in [0, 0.1) is 93.7 Å². The van der Waals surface area contributed by atoms with Gasteiger partial charge in [-0.1, -0.05) is 286 Å². The van der Waals surface area contributed by atoms with Gasteiger partial charge in [-0.2, -0.15) is 0 Å². The summed E-state index contributed by atoms with van der Waals surface area (Å²) < 4.78 is 36.1. The first-order chi connectivity index (χ1) is 50.7. The molecule has 2 saturated carbocycles. The number of aliphatic hydroxyl groups is 2. The number of ketones is 1. The molecule has 650 valence electrons. The molecular formula is C103H184O9. The van der Waals surface area contributed by atoms with Gasteiger partial charge in [0.2, 0.25) is 0 Å². The summed E-state index contributed by atoms with van der Waals surface area (Å²) in [5, 5.41) is 20.0. The summed E-state index contributed by atoms with van der Waals surface area (Å²) in [5.74, 6) is 8.97. The number of rotatable bonds is 20. The fraction of sp³-hybridized carbons (Fsp3) is 0.777. The van der Waals surface area contributed by atoms with Gasteiger partial charge >= 0.3 is 0 Å². The molecule has 2 N–H and O–H groups in total. The van der Waals surface area contributed by atoms with E-state index in [1.54, 1.807) is 13.0 Å². The average molecular weight is 1570 g/mol. The second-order valence-electron chi connectivity index (χ2n) is 42.7. The Bertz CT molecular complexity index is 2980. The highest BCUT2D eigenvalue weighted by atomic mass is 16.6. The molecule has 6 heterocycles. The third-order valence-corrected chi connectivity index (χ3v) is 22.4. The Kier molecular flexibility index (Phi) is 45.8. The van der Waals surface area contributed by atoms with Gasteiger partial charge in [0.15, 0.2) is 12.1 Å². The lowest BCUT2D eigenvalue weighted by Crippen LogP contribution is -2.47. The van der Waals surface area contributed by atoms with Crippen LogP contribution < -0.4 is 0 Å². The minimum Gasteiger partial charge on any atom is -0.388 e. The van der Waals surface area contributed by atoms with Gasteiger partial charge < -0.3 is 38.6 Å². The first-order valence-corrected chi connectivity index (χ1v) is 44.2. The van der Waals surface area contributed by atoms with Gasteiger partial charge in [0.05, 0.1) is 69.2 Å². The molecule has 9 nitrogen and oxygen atoms in total. The zero-order chi connectivity index (χ0) is 87.4. The van der Waals surface area contributed by atoms with Gasteiger partial charge in [-0.15, -0.1) is 0 Å². The van der Waals surface area contributed by atoms with Crippen molar-refractivity contribution in [2.45, 2.75) is 416 Å². The highest BCUT2D eigenvalue weighted by molar-refractivity contribution is 5.87. The number of fused-ring (bicyclic) bond motifs is 2. The molecule has 0 radical (unpaired) electrons. The minimum atomic E-state index is -0.719. The highest BCUT2D eigenvalue weighted by Gasteiger charge is 2.65. The summed E-state index contributed by atoms with van der Waals surface area (Å²) in [5.41, 5.74) is 2.77. The van der Waals surface area contributed by atoms with Crippen molar-refractivity contribution in [2.75, 3.05) is 6.61 Å². The molecular weight excluding hydrogens is 1380 g/mol. The van der Waals surface area contributed by atoms with E-state index in [4.69, 9.17) is 28.4 Å². The molecule has 0 spiro atoms. The third-order valence-electron chi connectivity index (χ3n) is 22.4. The molecule has 8 rings (SSSR count). The van der Waals surface area contributed by atoms with E-state index in [9.17, 15) is 15.0 Å². The topological polar surface area (TPSA) is 113 Å². The Morgan fingerprint density at radius 1 is 0.464 bits per heavy atom. The number of aliphatic hydroxyl groups excluding tert-OH is 1. The first-order valence-electron chi connectivity index (χ1n) is 44.2. The fourth-order valence-electron chi connectivity index (χ4n) is 14.0. The van der Waals surface area contributed by atoms with Crippen LogP contribution in [0.4, 0.5) is 0 Å². The lowest BCUT2D eigenvalue weighted by molar-refractivity contribution is -0.243. The van der Waals surface area contributed by atoms with E-state index >= 15 is 0 Å². The number of hydrogen-bond acceptors (Lipinski definition) is 9. The zero-order valence-electron chi connectivity index (χ0n) is 80.8. The lowest BCUT2D eigenvalue weighted by atomic mass is 9.79. The normalized spacial score (nSPS) is 32.0. The predicted octanol–water partition coefficient (Wildman–Crippen LogP) is 28.5. The van der Waals surface area contributed by atoms with Crippen molar-refractivity contribution in [3.8, 4) is 0 Å². The van der Waals surface area contributed by atoms with E-state index in [0.717, 1.165) is 74.0 Å². The second-order valence-corrected chi connectivity index (χ2v) is 42.7. The zero-order valence-corrected chi connectivity index (χ0v) is 80.8. The lowest BCUT2D eigenvalue weighted by Gasteiger charge is -2.46. The van der Waals surface area contributed by atoms with E-state index in [1.807, 2.05) is 74.5 Å². The Balaban J connectivity index is 0.00000125. The van der Waals surface area contributed by atoms with Crippen molar-refractivity contribution in [3.05, 3.63) is 133 Å². The van der Waals surface area contributed by atoms with Gasteiger partial charge in [0.25, 0.3) is 0 Å². The van der Waals surface area contributed by atoms with Crippen molar-refractivity contribution in [1.82, 2.24) is 0 Å². The van der Waals surface area contributed by atoms with Crippen LogP contribution in [0.25, 0.3) is 0 Å². The maximum absolute atomic E-state index is 10.3. The standard InChI is InChI=1S/C14H24O2.C14H26O.C13H24O2.2C13H22O.C13H24O.C8H16.C8H14.C7H12O/c1-9(2)6-7-14(5)11-8-10(11)12(16-14)13(3,4)15;1-11(2)7-9-14(6)10-8-12(3)13(4,5)15-14;1-10(2)6-7-13(5)9-8-12(3,4)11(14)15-13;1-9(2)6-7-13(5)11-8-10(11)12(3,4)14-13;1-10(2)6-8-13(5)9-7-12(14-13)11(3)4;1-11(2)6-7-13(5)9-8-12(3,4)10-14-13;2*1-7(2)5-6-8(3)4;1-6(2)4-5-7(3)8/h6-7,9-12,15H,8H2,1-5H3;7,9,11-12H,8,10H2,1-6H3;6-7,10-11,14H,8-9H2,1-5H3;6-7,9-11H,8H2,1-5H3;6,8,10,12H,3,7,9H2,1-2,4-5H3;6-7,11H,8-10H2,1-5H3;5,8H,6H2,1-4H3;5-6,8H,1H2,2-4H3;4-6H,1-3H3/b7-6+;9-7+;2*7-6+;8-6+;7-6+;;6-5+;5-4+. The molecule has 14 atom stereocenters. The molecule has 0 bridgehead atoms. The van der Waals surface area contributed by atoms with E-state index in [2.05, 4.69) is 306 Å². The van der Waals surface area contributed by atoms with Gasteiger partial charge in [-0.05, 0) is 283 Å². The van der Waals surface area contributed by atoms with Crippen LogP contribution in [0.5, 0.6) is 0 Å². The molecule has 0 aromatic heterocycles. The Morgan fingerprint density at radius 3 is 1.21 bits per heavy atom. The number of hydrogen-bond donors (Lipinski definition) is 2. The summed E-state index contributed by atoms with van der Waals surface area (Å²) in [7, 11) is 0. The van der Waals surface area contributed by atoms with Crippen molar-refractivity contribution >= 4 is 5.78 Å². The molecule has 6 aliphatic heterocycles. The molecule has 0 aromatic rings. The fourth-order valence-corrected chi connectivity index (χ4v) is 14.0. The summed E-state index contributed by atoms with van der Waals surface area (Å²) in [6.45, 7) is 94.1. The number of ether oxygens (including phenoxy) is 6. The van der Waals surface area contributed by atoms with Crippen molar-refractivity contribution < 1.29 is 43.4 Å². The van der Waals surface area contributed by atoms with Crippen molar-refractivity contribution in [3.63, 3.8) is 0 Å². The van der Waals surface area contributed by atoms with Crippen LogP contribution in [0.3, 0.4) is 0 Å². The van der Waals surface area contributed by atoms with Crippen molar-refractivity contribution in [2.24, 2.45) is 93.7 Å². The quantitative estimate of drug-likeness (QED) is 0.0699. The van der Waals surface area contributed by atoms with Gasteiger partial charge in [-0.3, -0.25) is 4.79 Å². The predicted molar refractivity (Wildman–Crippen MR) is 488 cm³/mol. The SMILES string of the molecule is C=C(C)/C=C/C(C)C.C=C(C)C1CCC(C)(/C=C/C(C)C)O1.CC(=O)/C=C/C(C)C.CC(C)/C=C/C1(C)CCC(C)(C)C(O)O1.CC(C)/C=C/C1(C)CCC(C)(C)CO1.CC(C)/C=C/C1(C)CCC(C)C(C)(C)O1.CC(C)/C=C/C1(C)OC(C(C)(C)O)C2CC21.CC(C)/C=C/C1(C)OC(C)(C)C2CC21.CC(C)=CCC(C)C. The van der Waals surface area contributed by atoms with Crippen LogP contribution in [-0.2, 0) is 33.2 Å². The Hall–Kier alpha value is -3.51. The molecule has 112 heavy (non-hydrogen) atoms. The summed E-state index contributed by atoms with van der Waals surface area (Å²) in [6, 6.07) is 0. The van der Waals surface area contributed by atoms with Gasteiger partial charge in [-0.25, -0.2) is 0 Å². The van der Waals surface area contributed by atoms with Crippen LogP contribution in [0.15, 0.2) is 133 Å². The molecule has 9 heteroatoms. The average Bonchev–Trinajstić information content (AvgIpc) is 1.56. The molecule has 8 fully saturated rings. The van der Waals surface area contributed by atoms with Gasteiger partial charge in [0.1, 0.15) is 0 Å². The number of carbonyl (C=O) groups is 1. The molecule has 14 unspecified atom stereocenters. The Morgan fingerprint density at radius 2 is 0.884 bits per heavy atom. The first kappa shape index (κ1) is 108. The monoisotopic (exact) mass is 1570 g/mol. The maximum atomic E-state index is 10.3. The molecule has 8 aliphatic rings. The van der Waals surface area contributed by atoms with Crippen LogP contribution in [-0.4, -0.2) is 91.5 Å². The van der Waals surface area contributed by atoms with Crippen LogP contribution in [0.2, 0.25) is 0 Å². The van der Waals surface area contributed by atoms with Crippen molar-refractivity contribution in [1.29, 1.82) is 0 Å². The molecule has 0 aromatic carbocycles. The summed E-state index contributed by atoms with van der Waals surface area (Å²) >= 11 is 0. The second kappa shape index (κ2) is 47.3. The van der Waals surface area contributed by atoms with E-state index in [-0.39, 0.29) is 68.2 Å². The number of carbonyl (C=O) groups excluding carboxylic acids is 1. The highest BCUT2D eigenvalue weighted by Crippen LogP contribution is 2.63. The van der Waals surface area contributed by atoms with Crippen LogP contribution >= 0.6 is 0 Å². The number of allylic oxidation sites excluding steroid dienone is 13. The largest absolute Gasteiger partial charge is 0.388 e.